The summed E-state index contributed by atoms with van der Waals surface area (Å²) in [5, 5.41) is 13.0. The smallest absolute Gasteiger partial charge is 0.388 e. The van der Waals surface area contributed by atoms with Gasteiger partial charge in [0.25, 0.3) is 5.56 Å². The fraction of sp³-hybridized carbons (Fsp3) is 0.292. The first kappa shape index (κ1) is 24.4. The molecule has 1 atom stereocenters. The highest BCUT2D eigenvalue weighted by Crippen LogP contribution is 2.38. The molecule has 2 aromatic carbocycles. The van der Waals surface area contributed by atoms with Gasteiger partial charge in [-0.25, -0.2) is 9.18 Å². The van der Waals surface area contributed by atoms with E-state index < -0.39 is 41.5 Å². The molecule has 0 saturated heterocycles. The molecule has 2 heterocycles. The molecule has 0 fully saturated rings. The Labute approximate surface area is 196 Å². The number of benzene rings is 2. The normalized spacial score (nSPS) is 12.9. The monoisotopic (exact) mass is 490 g/mol. The Kier molecular flexibility index (Phi) is 6.14. The van der Waals surface area contributed by atoms with Crippen LogP contribution >= 0.6 is 0 Å². The van der Waals surface area contributed by atoms with Crippen LogP contribution in [-0.4, -0.2) is 30.2 Å². The third-order valence-electron chi connectivity index (χ3n) is 6.07. The van der Waals surface area contributed by atoms with Gasteiger partial charge in [-0.2, -0.15) is 17.9 Å². The first-order chi connectivity index (χ1) is 16.5. The minimum atomic E-state index is -4.65. The molecule has 0 aliphatic heterocycles. The SMILES string of the molecule is CCn1c(CO)nn(-c2cc3c([C@H](C)C(F)(F)F)cn(-c4ccccc4C)c(=O)c3cc2F)c1=O. The number of hydrogen-bond donors (Lipinski definition) is 1. The Hall–Kier alpha value is -3.73. The fourth-order valence-corrected chi connectivity index (χ4v) is 4.10. The lowest BCUT2D eigenvalue weighted by atomic mass is 9.95. The van der Waals surface area contributed by atoms with Crippen LogP contribution in [0.15, 0.2) is 52.2 Å². The molecule has 0 aliphatic rings. The Morgan fingerprint density at radius 2 is 1.77 bits per heavy atom. The van der Waals surface area contributed by atoms with Crippen molar-refractivity contribution in [1.29, 1.82) is 0 Å². The molecule has 0 amide bonds. The number of aliphatic hydroxyl groups excluding tert-OH is 1. The number of aliphatic hydroxyl groups is 1. The number of fused-ring (bicyclic) bond motifs is 1. The quantitative estimate of drug-likeness (QED) is 0.430. The number of alkyl halides is 3. The zero-order valence-electron chi connectivity index (χ0n) is 19.1. The Morgan fingerprint density at radius 3 is 2.34 bits per heavy atom. The summed E-state index contributed by atoms with van der Waals surface area (Å²) in [6.45, 7) is 3.83. The maximum atomic E-state index is 15.3. The van der Waals surface area contributed by atoms with Gasteiger partial charge in [-0.05, 0) is 55.5 Å². The van der Waals surface area contributed by atoms with Gasteiger partial charge >= 0.3 is 11.9 Å². The molecule has 0 spiro atoms. The predicted octanol–water partition coefficient (Wildman–Crippen LogP) is 3.96. The van der Waals surface area contributed by atoms with Crippen LogP contribution in [0.1, 0.15) is 36.7 Å². The van der Waals surface area contributed by atoms with E-state index in [9.17, 15) is 27.9 Å². The van der Waals surface area contributed by atoms with Crippen molar-refractivity contribution in [3.05, 3.63) is 86.2 Å². The van der Waals surface area contributed by atoms with E-state index in [1.807, 2.05) is 0 Å². The van der Waals surface area contributed by atoms with Gasteiger partial charge in [0.1, 0.15) is 18.1 Å². The number of aryl methyl sites for hydroxylation is 1. The van der Waals surface area contributed by atoms with E-state index in [-0.39, 0.29) is 28.7 Å². The highest BCUT2D eigenvalue weighted by molar-refractivity contribution is 5.88. The second kappa shape index (κ2) is 8.81. The Balaban J connectivity index is 2.10. The van der Waals surface area contributed by atoms with E-state index in [0.717, 1.165) is 34.4 Å². The average Bonchev–Trinajstić information content (AvgIpc) is 3.14. The Bertz CT molecular complexity index is 1550. The fourth-order valence-electron chi connectivity index (χ4n) is 4.10. The van der Waals surface area contributed by atoms with E-state index in [1.54, 1.807) is 38.1 Å². The number of nitrogens with zero attached hydrogens (tertiary/aromatic N) is 4. The van der Waals surface area contributed by atoms with Gasteiger partial charge in [0.15, 0.2) is 5.82 Å². The molecule has 2 aromatic heterocycles. The van der Waals surface area contributed by atoms with Gasteiger partial charge in [-0.15, -0.1) is 5.10 Å². The number of para-hydroxylation sites is 1. The summed E-state index contributed by atoms with van der Waals surface area (Å²) < 4.78 is 59.6. The molecule has 0 aliphatic carbocycles. The van der Waals surface area contributed by atoms with Gasteiger partial charge in [0.05, 0.1) is 17.0 Å². The molecule has 7 nitrogen and oxygen atoms in total. The first-order valence-corrected chi connectivity index (χ1v) is 10.8. The number of halogens is 4. The highest BCUT2D eigenvalue weighted by atomic mass is 19.4. The molecule has 35 heavy (non-hydrogen) atoms. The molecule has 1 N–H and O–H groups in total. The summed E-state index contributed by atoms with van der Waals surface area (Å²) >= 11 is 0. The molecule has 11 heteroatoms. The van der Waals surface area contributed by atoms with E-state index in [1.165, 1.54) is 0 Å². The minimum Gasteiger partial charge on any atom is -0.388 e. The lowest BCUT2D eigenvalue weighted by Gasteiger charge is -2.21. The molecule has 0 unspecified atom stereocenters. The number of pyridine rings is 1. The summed E-state index contributed by atoms with van der Waals surface area (Å²) in [6, 6.07) is 8.51. The molecular formula is C24H22F4N4O3. The first-order valence-electron chi connectivity index (χ1n) is 10.8. The zero-order valence-corrected chi connectivity index (χ0v) is 19.1. The second-order valence-corrected chi connectivity index (χ2v) is 8.17. The van der Waals surface area contributed by atoms with Crippen LogP contribution in [0.5, 0.6) is 0 Å². The van der Waals surface area contributed by atoms with Crippen LogP contribution in [0.3, 0.4) is 0 Å². The van der Waals surface area contributed by atoms with Gasteiger partial charge in [0, 0.05) is 12.7 Å². The molecule has 4 rings (SSSR count). The molecule has 4 aromatic rings. The summed E-state index contributed by atoms with van der Waals surface area (Å²) in [6.07, 6.45) is -3.54. The largest absolute Gasteiger partial charge is 0.395 e. The van der Waals surface area contributed by atoms with Gasteiger partial charge in [0.2, 0.25) is 0 Å². The van der Waals surface area contributed by atoms with E-state index >= 15 is 4.39 Å². The zero-order chi connectivity index (χ0) is 25.7. The van der Waals surface area contributed by atoms with Gasteiger partial charge in [-0.1, -0.05) is 18.2 Å². The average molecular weight is 490 g/mol. The maximum absolute atomic E-state index is 15.3. The minimum absolute atomic E-state index is 0.0316. The van der Waals surface area contributed by atoms with Crippen molar-refractivity contribution < 1.29 is 22.7 Å². The van der Waals surface area contributed by atoms with Crippen molar-refractivity contribution in [3.8, 4) is 11.4 Å². The highest BCUT2D eigenvalue weighted by Gasteiger charge is 2.39. The lowest BCUT2D eigenvalue weighted by molar-refractivity contribution is -0.146. The topological polar surface area (TPSA) is 82.0 Å². The van der Waals surface area contributed by atoms with Gasteiger partial charge < -0.3 is 5.11 Å². The van der Waals surface area contributed by atoms with Crippen LogP contribution in [0.25, 0.3) is 22.1 Å². The van der Waals surface area contributed by atoms with Crippen LogP contribution < -0.4 is 11.2 Å². The summed E-state index contributed by atoms with van der Waals surface area (Å²) in [7, 11) is 0. The second-order valence-electron chi connectivity index (χ2n) is 8.17. The number of hydrogen-bond acceptors (Lipinski definition) is 4. The van der Waals surface area contributed by atoms with Crippen molar-refractivity contribution in [2.45, 2.75) is 46.0 Å². The third-order valence-corrected chi connectivity index (χ3v) is 6.07. The van der Waals surface area contributed by atoms with E-state index in [4.69, 9.17) is 0 Å². The van der Waals surface area contributed by atoms with Crippen LogP contribution in [0, 0.1) is 12.7 Å². The van der Waals surface area contributed by atoms with Crippen molar-refractivity contribution >= 4 is 10.8 Å². The molecule has 0 radical (unpaired) electrons. The van der Waals surface area contributed by atoms with Crippen molar-refractivity contribution in [2.24, 2.45) is 0 Å². The molecular weight excluding hydrogens is 468 g/mol. The number of aromatic nitrogens is 4. The summed E-state index contributed by atoms with van der Waals surface area (Å²) in [5.74, 6) is -3.05. The van der Waals surface area contributed by atoms with E-state index in [2.05, 4.69) is 5.10 Å². The lowest BCUT2D eigenvalue weighted by Crippen LogP contribution is -2.26. The van der Waals surface area contributed by atoms with Crippen LogP contribution in [-0.2, 0) is 13.2 Å². The standard InChI is InChI=1S/C24H22F4N4O3/c1-4-30-21(12-33)29-32(23(30)35)20-10-15-16(9-18(20)25)22(34)31(19-8-6-5-7-13(19)2)11-17(15)14(3)24(26,27)28/h5-11,14,33H,4,12H2,1-3H3/t14-/m0/s1. The predicted molar refractivity (Wildman–Crippen MR) is 122 cm³/mol. The Morgan fingerprint density at radius 1 is 1.09 bits per heavy atom. The van der Waals surface area contributed by atoms with Crippen molar-refractivity contribution in [3.63, 3.8) is 0 Å². The van der Waals surface area contributed by atoms with Crippen LogP contribution in [0.4, 0.5) is 17.6 Å². The third kappa shape index (κ3) is 4.05. The van der Waals surface area contributed by atoms with Crippen molar-refractivity contribution in [1.82, 2.24) is 18.9 Å². The molecule has 184 valence electrons. The molecule has 0 saturated carbocycles. The van der Waals surface area contributed by atoms with Gasteiger partial charge in [-0.3, -0.25) is 13.9 Å². The van der Waals surface area contributed by atoms with Crippen molar-refractivity contribution in [2.75, 3.05) is 0 Å². The summed E-state index contributed by atoms with van der Waals surface area (Å²) in [4.78, 5) is 26.0. The van der Waals surface area contributed by atoms with E-state index in [0.29, 0.717) is 15.9 Å². The van der Waals surface area contributed by atoms with Crippen LogP contribution in [0.2, 0.25) is 0 Å². The number of rotatable bonds is 5. The summed E-state index contributed by atoms with van der Waals surface area (Å²) in [5.41, 5.74) is -1.15. The molecule has 0 bridgehead atoms. The maximum Gasteiger partial charge on any atom is 0.395 e.